The first-order chi connectivity index (χ1) is 9.97. The number of ether oxygens (including phenoxy) is 5. The Labute approximate surface area is 126 Å². The molecule has 5 nitrogen and oxygen atoms in total. The minimum Gasteiger partial charge on any atom is -0.353 e. The van der Waals surface area contributed by atoms with Crippen molar-refractivity contribution in [2.24, 2.45) is 0 Å². The summed E-state index contributed by atoms with van der Waals surface area (Å²) in [4.78, 5) is 0. The van der Waals surface area contributed by atoms with Gasteiger partial charge in [0.25, 0.3) is 5.97 Å². The zero-order valence-electron chi connectivity index (χ0n) is 13.3. The van der Waals surface area contributed by atoms with Crippen molar-refractivity contribution in [3.05, 3.63) is 35.9 Å². The van der Waals surface area contributed by atoms with Crippen LogP contribution in [-0.4, -0.2) is 40.2 Å². The Morgan fingerprint density at radius 3 is 1.90 bits per heavy atom. The summed E-state index contributed by atoms with van der Waals surface area (Å²) < 4.78 is 28.5. The van der Waals surface area contributed by atoms with Crippen LogP contribution in [0, 0.1) is 0 Å². The van der Waals surface area contributed by atoms with E-state index in [1.165, 1.54) is 0 Å². The molecule has 1 aliphatic rings. The van der Waals surface area contributed by atoms with E-state index in [4.69, 9.17) is 23.7 Å². The molecular weight excluding hydrogens is 272 g/mol. The number of hydrogen-bond donors (Lipinski definition) is 0. The molecular formula is C16H24O5. The maximum atomic E-state index is 6.20. The van der Waals surface area contributed by atoms with E-state index in [1.807, 2.05) is 37.3 Å². The average molecular weight is 296 g/mol. The van der Waals surface area contributed by atoms with Crippen molar-refractivity contribution in [2.45, 2.75) is 37.1 Å². The molecule has 0 radical (unpaired) electrons. The van der Waals surface area contributed by atoms with E-state index in [1.54, 1.807) is 28.4 Å². The third-order valence-electron chi connectivity index (χ3n) is 4.22. The van der Waals surface area contributed by atoms with E-state index >= 15 is 0 Å². The lowest BCUT2D eigenvalue weighted by Crippen LogP contribution is -2.59. The molecule has 118 valence electrons. The zero-order chi connectivity index (χ0) is 15.6. The SMILES string of the molecule is COC1(OC)CC(OC)(OC)O[C@](C)(c2ccccc2)C1. The molecule has 0 saturated carbocycles. The predicted octanol–water partition coefficient (Wildman–Crippen LogP) is 2.65. The van der Waals surface area contributed by atoms with Crippen molar-refractivity contribution in [2.75, 3.05) is 28.4 Å². The molecule has 5 heteroatoms. The van der Waals surface area contributed by atoms with Crippen molar-refractivity contribution in [3.8, 4) is 0 Å². The van der Waals surface area contributed by atoms with Gasteiger partial charge < -0.3 is 23.7 Å². The van der Waals surface area contributed by atoms with Crippen molar-refractivity contribution >= 4 is 0 Å². The molecule has 0 N–H and O–H groups in total. The molecule has 1 atom stereocenters. The van der Waals surface area contributed by atoms with Gasteiger partial charge in [0, 0.05) is 34.9 Å². The third kappa shape index (κ3) is 2.98. The molecule has 1 heterocycles. The summed E-state index contributed by atoms with van der Waals surface area (Å²) in [6, 6.07) is 9.94. The number of rotatable bonds is 5. The van der Waals surface area contributed by atoms with Crippen LogP contribution in [0.15, 0.2) is 30.3 Å². The standard InChI is InChI=1S/C16H24O5/c1-14(13-9-7-6-8-10-13)11-15(17-2,18-3)12-16(19-4,20-5)21-14/h6-10H,11-12H2,1-5H3/t14-/m0/s1. The summed E-state index contributed by atoms with van der Waals surface area (Å²) in [5.74, 6) is -2.05. The highest BCUT2D eigenvalue weighted by Crippen LogP contribution is 2.48. The van der Waals surface area contributed by atoms with Gasteiger partial charge in [0.15, 0.2) is 5.79 Å². The first kappa shape index (κ1) is 16.4. The first-order valence-corrected chi connectivity index (χ1v) is 6.93. The molecule has 1 aromatic carbocycles. The maximum Gasteiger partial charge on any atom is 0.288 e. The Hall–Kier alpha value is -0.980. The Bertz CT molecular complexity index is 431. The van der Waals surface area contributed by atoms with Gasteiger partial charge in [-0.15, -0.1) is 0 Å². The number of methoxy groups -OCH3 is 4. The Morgan fingerprint density at radius 1 is 0.857 bits per heavy atom. The minimum atomic E-state index is -1.21. The van der Waals surface area contributed by atoms with Crippen molar-refractivity contribution in [3.63, 3.8) is 0 Å². The molecule has 0 amide bonds. The molecule has 0 aliphatic carbocycles. The highest BCUT2D eigenvalue weighted by Gasteiger charge is 2.56. The lowest BCUT2D eigenvalue weighted by Gasteiger charge is -2.51. The van der Waals surface area contributed by atoms with Crippen LogP contribution < -0.4 is 0 Å². The van der Waals surface area contributed by atoms with E-state index in [0.717, 1.165) is 5.56 Å². The second kappa shape index (κ2) is 6.02. The average Bonchev–Trinajstić information content (AvgIpc) is 2.55. The molecule has 1 saturated heterocycles. The van der Waals surface area contributed by atoms with E-state index in [-0.39, 0.29) is 0 Å². The Balaban J connectivity index is 2.46. The highest BCUT2D eigenvalue weighted by atomic mass is 16.9. The Kier molecular flexibility index (Phi) is 4.70. The fraction of sp³-hybridized carbons (Fsp3) is 0.625. The van der Waals surface area contributed by atoms with Gasteiger partial charge in [0.05, 0.1) is 6.42 Å². The van der Waals surface area contributed by atoms with E-state index in [2.05, 4.69) is 0 Å². The largest absolute Gasteiger partial charge is 0.353 e. The normalized spacial score (nSPS) is 27.5. The van der Waals surface area contributed by atoms with Gasteiger partial charge >= 0.3 is 0 Å². The third-order valence-corrected chi connectivity index (χ3v) is 4.22. The van der Waals surface area contributed by atoms with E-state index in [9.17, 15) is 0 Å². The molecule has 2 rings (SSSR count). The molecule has 0 unspecified atom stereocenters. The van der Waals surface area contributed by atoms with Gasteiger partial charge in [0.1, 0.15) is 5.60 Å². The van der Waals surface area contributed by atoms with Gasteiger partial charge in [-0.05, 0) is 12.5 Å². The van der Waals surface area contributed by atoms with Crippen LogP contribution in [0.4, 0.5) is 0 Å². The number of benzene rings is 1. The van der Waals surface area contributed by atoms with Gasteiger partial charge in [-0.1, -0.05) is 30.3 Å². The molecule has 0 bridgehead atoms. The molecule has 0 aromatic heterocycles. The minimum absolute atomic E-state index is 0.322. The van der Waals surface area contributed by atoms with Crippen LogP contribution in [0.2, 0.25) is 0 Å². The van der Waals surface area contributed by atoms with Gasteiger partial charge in [0.2, 0.25) is 0 Å². The van der Waals surface area contributed by atoms with Crippen molar-refractivity contribution < 1.29 is 23.7 Å². The maximum absolute atomic E-state index is 6.20. The van der Waals surface area contributed by atoms with Gasteiger partial charge in [-0.3, -0.25) is 0 Å². The molecule has 0 spiro atoms. The van der Waals surface area contributed by atoms with Crippen molar-refractivity contribution in [1.29, 1.82) is 0 Å². The number of hydrogen-bond acceptors (Lipinski definition) is 5. The predicted molar refractivity (Wildman–Crippen MR) is 77.6 cm³/mol. The van der Waals surface area contributed by atoms with E-state index in [0.29, 0.717) is 12.8 Å². The summed E-state index contributed by atoms with van der Waals surface area (Å²) in [6.07, 6.45) is 0.855. The van der Waals surface area contributed by atoms with E-state index < -0.39 is 17.4 Å². The first-order valence-electron chi connectivity index (χ1n) is 6.93. The van der Waals surface area contributed by atoms with Gasteiger partial charge in [-0.25, -0.2) is 0 Å². The van der Waals surface area contributed by atoms with Gasteiger partial charge in [-0.2, -0.15) is 0 Å². The van der Waals surface area contributed by atoms with Crippen LogP contribution >= 0.6 is 0 Å². The fourth-order valence-electron chi connectivity index (χ4n) is 2.96. The summed E-state index contributed by atoms with van der Waals surface area (Å²) in [6.45, 7) is 1.99. The topological polar surface area (TPSA) is 46.2 Å². The summed E-state index contributed by atoms with van der Waals surface area (Å²) >= 11 is 0. The lowest BCUT2D eigenvalue weighted by molar-refractivity contribution is -0.458. The molecule has 1 aromatic rings. The van der Waals surface area contributed by atoms with Crippen molar-refractivity contribution in [1.82, 2.24) is 0 Å². The monoisotopic (exact) mass is 296 g/mol. The van der Waals surface area contributed by atoms with Crippen LogP contribution in [0.5, 0.6) is 0 Å². The fourth-order valence-corrected chi connectivity index (χ4v) is 2.96. The quantitative estimate of drug-likeness (QED) is 0.782. The Morgan fingerprint density at radius 2 is 1.43 bits per heavy atom. The molecule has 1 aliphatic heterocycles. The van der Waals surface area contributed by atoms with Crippen LogP contribution in [0.3, 0.4) is 0 Å². The smallest absolute Gasteiger partial charge is 0.288 e. The van der Waals surface area contributed by atoms with Crippen LogP contribution in [0.1, 0.15) is 25.3 Å². The second-order valence-corrected chi connectivity index (χ2v) is 5.46. The summed E-state index contributed by atoms with van der Waals surface area (Å²) in [5, 5.41) is 0. The van der Waals surface area contributed by atoms with Crippen LogP contribution in [0.25, 0.3) is 0 Å². The highest BCUT2D eigenvalue weighted by molar-refractivity contribution is 5.23. The van der Waals surface area contributed by atoms with Crippen LogP contribution in [-0.2, 0) is 29.3 Å². The second-order valence-electron chi connectivity index (χ2n) is 5.46. The summed E-state index contributed by atoms with van der Waals surface area (Å²) in [7, 11) is 6.35. The molecule has 21 heavy (non-hydrogen) atoms. The lowest BCUT2D eigenvalue weighted by atomic mass is 9.83. The summed E-state index contributed by atoms with van der Waals surface area (Å²) in [5.41, 5.74) is 0.360. The molecule has 1 fully saturated rings. The zero-order valence-corrected chi connectivity index (χ0v) is 13.3.